The highest BCUT2D eigenvalue weighted by Crippen LogP contribution is 2.38. The Labute approximate surface area is 80.2 Å². The Hall–Kier alpha value is -1.03. The molecule has 1 aromatic heterocycles. The van der Waals surface area contributed by atoms with Gasteiger partial charge in [0.1, 0.15) is 0 Å². The summed E-state index contributed by atoms with van der Waals surface area (Å²) in [7, 11) is 0. The molecule has 1 heterocycles. The molecule has 1 amide bonds. The monoisotopic (exact) mass is 197 g/mol. The lowest BCUT2D eigenvalue weighted by atomic mass is 9.93. The number of amides is 1. The van der Waals surface area contributed by atoms with Gasteiger partial charge in [-0.2, -0.15) is 0 Å². The highest BCUT2D eigenvalue weighted by atomic mass is 32.1. The van der Waals surface area contributed by atoms with Crippen LogP contribution in [0.5, 0.6) is 5.06 Å². The number of primary amides is 1. The van der Waals surface area contributed by atoms with Gasteiger partial charge in [0.25, 0.3) is 5.91 Å². The van der Waals surface area contributed by atoms with Crippen LogP contribution in [0.2, 0.25) is 0 Å². The molecule has 70 valence electrons. The topological polar surface area (TPSA) is 63.3 Å². The zero-order valence-electron chi connectivity index (χ0n) is 7.17. The van der Waals surface area contributed by atoms with E-state index in [1.165, 1.54) is 0 Å². The molecule has 0 saturated carbocycles. The van der Waals surface area contributed by atoms with E-state index in [1.54, 1.807) is 0 Å². The van der Waals surface area contributed by atoms with Gasteiger partial charge in [0.2, 0.25) is 0 Å². The zero-order valence-corrected chi connectivity index (χ0v) is 7.99. The smallest absolute Gasteiger partial charge is 0.259 e. The normalized spacial score (nSPS) is 15.4. The minimum atomic E-state index is -0.413. The molecule has 0 saturated heterocycles. The number of nitrogens with two attached hydrogens (primary N) is 1. The third-order valence-electron chi connectivity index (χ3n) is 2.42. The SMILES string of the molecule is NC(=O)c1sc(O)c2c1CCCC2. The molecule has 0 unspecified atom stereocenters. The maximum Gasteiger partial charge on any atom is 0.259 e. The van der Waals surface area contributed by atoms with Crippen molar-refractivity contribution in [2.75, 3.05) is 0 Å². The van der Waals surface area contributed by atoms with Crippen LogP contribution in [0.25, 0.3) is 0 Å². The molecule has 1 aliphatic rings. The van der Waals surface area contributed by atoms with Crippen LogP contribution in [-0.2, 0) is 12.8 Å². The Morgan fingerprint density at radius 2 is 1.92 bits per heavy atom. The Morgan fingerprint density at radius 3 is 2.54 bits per heavy atom. The molecular weight excluding hydrogens is 186 g/mol. The Kier molecular flexibility index (Phi) is 2.00. The number of aromatic hydroxyl groups is 1. The predicted octanol–water partition coefficient (Wildman–Crippen LogP) is 1.43. The van der Waals surface area contributed by atoms with Gasteiger partial charge < -0.3 is 10.8 Å². The number of carbonyl (C=O) groups is 1. The lowest BCUT2D eigenvalue weighted by Gasteiger charge is -2.11. The average molecular weight is 197 g/mol. The average Bonchev–Trinajstić information content (AvgIpc) is 2.45. The van der Waals surface area contributed by atoms with E-state index < -0.39 is 5.91 Å². The molecule has 3 nitrogen and oxygen atoms in total. The van der Waals surface area contributed by atoms with Crippen LogP contribution in [0.4, 0.5) is 0 Å². The van der Waals surface area contributed by atoms with E-state index in [0.717, 1.165) is 48.1 Å². The van der Waals surface area contributed by atoms with Crippen LogP contribution in [0.3, 0.4) is 0 Å². The van der Waals surface area contributed by atoms with E-state index in [9.17, 15) is 9.90 Å². The largest absolute Gasteiger partial charge is 0.499 e. The van der Waals surface area contributed by atoms with Crippen LogP contribution in [0.15, 0.2) is 0 Å². The van der Waals surface area contributed by atoms with Crippen molar-refractivity contribution < 1.29 is 9.90 Å². The molecule has 0 aromatic carbocycles. The first-order chi connectivity index (χ1) is 6.20. The van der Waals surface area contributed by atoms with Crippen LogP contribution in [0, 0.1) is 0 Å². The van der Waals surface area contributed by atoms with Crippen LogP contribution in [0.1, 0.15) is 33.6 Å². The lowest BCUT2D eigenvalue weighted by molar-refractivity contribution is 0.100. The van der Waals surface area contributed by atoms with E-state index in [1.807, 2.05) is 0 Å². The fourth-order valence-electron chi connectivity index (χ4n) is 1.81. The second kappa shape index (κ2) is 3.03. The molecule has 13 heavy (non-hydrogen) atoms. The van der Waals surface area contributed by atoms with Crippen molar-refractivity contribution in [1.29, 1.82) is 0 Å². The molecule has 1 aromatic rings. The predicted molar refractivity (Wildman–Crippen MR) is 51.1 cm³/mol. The molecular formula is C9H11NO2S. The van der Waals surface area contributed by atoms with Crippen molar-refractivity contribution >= 4 is 17.2 Å². The summed E-state index contributed by atoms with van der Waals surface area (Å²) in [5.41, 5.74) is 7.15. The maximum atomic E-state index is 11.0. The maximum absolute atomic E-state index is 11.0. The van der Waals surface area contributed by atoms with Crippen molar-refractivity contribution in [2.45, 2.75) is 25.7 Å². The quantitative estimate of drug-likeness (QED) is 0.715. The van der Waals surface area contributed by atoms with E-state index in [2.05, 4.69) is 0 Å². The van der Waals surface area contributed by atoms with Gasteiger partial charge in [-0.3, -0.25) is 4.79 Å². The van der Waals surface area contributed by atoms with Crippen LogP contribution in [-0.4, -0.2) is 11.0 Å². The van der Waals surface area contributed by atoms with Gasteiger partial charge in [-0.15, -0.1) is 0 Å². The van der Waals surface area contributed by atoms with Gasteiger partial charge in [0.05, 0.1) is 4.88 Å². The Balaban J connectivity index is 2.53. The molecule has 0 bridgehead atoms. The standard InChI is InChI=1S/C9H11NO2S/c10-8(11)7-5-3-1-2-4-6(5)9(12)13-7/h12H,1-4H2,(H2,10,11). The summed E-state index contributed by atoms with van der Waals surface area (Å²) >= 11 is 1.12. The zero-order chi connectivity index (χ0) is 9.42. The van der Waals surface area contributed by atoms with Gasteiger partial charge in [-0.25, -0.2) is 0 Å². The summed E-state index contributed by atoms with van der Waals surface area (Å²) < 4.78 is 0. The molecule has 0 spiro atoms. The number of thiophene rings is 1. The van der Waals surface area contributed by atoms with Crippen LogP contribution >= 0.6 is 11.3 Å². The van der Waals surface area contributed by atoms with Gasteiger partial charge >= 0.3 is 0 Å². The van der Waals surface area contributed by atoms with E-state index >= 15 is 0 Å². The summed E-state index contributed by atoms with van der Waals surface area (Å²) in [6, 6.07) is 0. The molecule has 2 rings (SSSR count). The molecule has 3 N–H and O–H groups in total. The first-order valence-corrected chi connectivity index (χ1v) is 5.15. The van der Waals surface area contributed by atoms with Crippen molar-refractivity contribution in [3.63, 3.8) is 0 Å². The number of hydrogen-bond donors (Lipinski definition) is 2. The first kappa shape index (κ1) is 8.56. The van der Waals surface area contributed by atoms with Crippen molar-refractivity contribution in [1.82, 2.24) is 0 Å². The number of rotatable bonds is 1. The minimum Gasteiger partial charge on any atom is -0.499 e. The molecule has 0 aliphatic heterocycles. The second-order valence-corrected chi connectivity index (χ2v) is 4.26. The fourth-order valence-corrected chi connectivity index (χ4v) is 2.80. The summed E-state index contributed by atoms with van der Waals surface area (Å²) in [5, 5.41) is 9.82. The highest BCUT2D eigenvalue weighted by molar-refractivity contribution is 7.16. The van der Waals surface area contributed by atoms with E-state index in [4.69, 9.17) is 5.73 Å². The highest BCUT2D eigenvalue weighted by Gasteiger charge is 2.22. The molecule has 0 atom stereocenters. The third kappa shape index (κ3) is 1.31. The Morgan fingerprint density at radius 1 is 1.31 bits per heavy atom. The van der Waals surface area contributed by atoms with Gasteiger partial charge in [-0.1, -0.05) is 11.3 Å². The molecule has 0 fully saturated rings. The number of fused-ring (bicyclic) bond motifs is 1. The number of carbonyl (C=O) groups excluding carboxylic acids is 1. The number of hydrogen-bond acceptors (Lipinski definition) is 3. The Bertz CT molecular complexity index is 357. The molecule has 0 radical (unpaired) electrons. The van der Waals surface area contributed by atoms with E-state index in [-0.39, 0.29) is 5.06 Å². The lowest BCUT2D eigenvalue weighted by Crippen LogP contribution is -2.13. The van der Waals surface area contributed by atoms with E-state index in [0.29, 0.717) is 4.88 Å². The fraction of sp³-hybridized carbons (Fsp3) is 0.444. The molecule has 1 aliphatic carbocycles. The van der Waals surface area contributed by atoms with Crippen molar-refractivity contribution in [3.8, 4) is 5.06 Å². The van der Waals surface area contributed by atoms with Crippen molar-refractivity contribution in [3.05, 3.63) is 16.0 Å². The van der Waals surface area contributed by atoms with Crippen molar-refractivity contribution in [2.24, 2.45) is 5.73 Å². The molecule has 4 heteroatoms. The first-order valence-electron chi connectivity index (χ1n) is 4.33. The summed E-state index contributed by atoms with van der Waals surface area (Å²) in [6.07, 6.45) is 3.94. The minimum absolute atomic E-state index is 0.281. The van der Waals surface area contributed by atoms with Gasteiger partial charge in [0, 0.05) is 5.56 Å². The summed E-state index contributed by atoms with van der Waals surface area (Å²) in [5.74, 6) is -0.413. The third-order valence-corrected chi connectivity index (χ3v) is 3.51. The summed E-state index contributed by atoms with van der Waals surface area (Å²) in [4.78, 5) is 11.6. The van der Waals surface area contributed by atoms with Gasteiger partial charge in [-0.05, 0) is 31.2 Å². The summed E-state index contributed by atoms with van der Waals surface area (Å²) in [6.45, 7) is 0. The van der Waals surface area contributed by atoms with Gasteiger partial charge in [0.15, 0.2) is 5.06 Å². The second-order valence-electron chi connectivity index (χ2n) is 3.26. The van der Waals surface area contributed by atoms with Crippen LogP contribution < -0.4 is 5.73 Å².